The summed E-state index contributed by atoms with van der Waals surface area (Å²) in [5, 5.41) is 0. The molecule has 5 N–H and O–H groups in total. The molecule has 0 atom stereocenters. The van der Waals surface area contributed by atoms with Crippen LogP contribution in [0.2, 0.25) is 0 Å². The molecule has 2 aliphatic rings. The molecule has 1 aliphatic carbocycles. The van der Waals surface area contributed by atoms with Gasteiger partial charge in [0.15, 0.2) is 5.96 Å². The standard InChI is InChI=1S/C14H24N6O2S/c1-23(21,22)19-12-7-5-6-11(10-12)17-13(15)18-14(16)20-8-3-2-4-9-20/h7,10,19H,2-6,8-9H2,1H3,(H4,15,16,17,18). The van der Waals surface area contributed by atoms with Crippen molar-refractivity contribution in [2.75, 3.05) is 19.3 Å². The third-order valence-corrected chi connectivity index (χ3v) is 4.16. The van der Waals surface area contributed by atoms with E-state index in [1.165, 1.54) is 6.42 Å². The lowest BCUT2D eigenvalue weighted by Gasteiger charge is -2.27. The number of aliphatic imine (C=N–C) groups is 2. The molecule has 0 unspecified atom stereocenters. The number of allylic oxidation sites excluding steroid dienone is 3. The predicted octanol–water partition coefficient (Wildman–Crippen LogP) is 0.213. The van der Waals surface area contributed by atoms with Crippen LogP contribution in [0.5, 0.6) is 0 Å². The van der Waals surface area contributed by atoms with E-state index in [0.717, 1.165) is 32.2 Å². The van der Waals surface area contributed by atoms with Gasteiger partial charge in [0.05, 0.1) is 6.26 Å². The second-order valence-corrected chi connectivity index (χ2v) is 7.44. The van der Waals surface area contributed by atoms with Crippen molar-refractivity contribution in [3.8, 4) is 0 Å². The van der Waals surface area contributed by atoms with E-state index in [1.54, 1.807) is 6.08 Å². The maximum Gasteiger partial charge on any atom is 0.229 e. The maximum atomic E-state index is 11.3. The summed E-state index contributed by atoms with van der Waals surface area (Å²) in [6, 6.07) is 0. The largest absolute Gasteiger partial charge is 0.369 e. The van der Waals surface area contributed by atoms with Crippen LogP contribution in [-0.4, -0.2) is 44.6 Å². The van der Waals surface area contributed by atoms with Crippen molar-refractivity contribution >= 4 is 21.9 Å². The van der Waals surface area contributed by atoms with Gasteiger partial charge in [0.25, 0.3) is 0 Å². The zero-order valence-electron chi connectivity index (χ0n) is 13.3. The number of nitrogens with one attached hydrogen (secondary N) is 1. The fraction of sp³-hybridized carbons (Fsp3) is 0.571. The average molecular weight is 340 g/mol. The molecule has 9 heteroatoms. The molecule has 0 aromatic carbocycles. The summed E-state index contributed by atoms with van der Waals surface area (Å²) in [6.45, 7) is 1.77. The van der Waals surface area contributed by atoms with Gasteiger partial charge in [0.2, 0.25) is 16.0 Å². The highest BCUT2D eigenvalue weighted by Gasteiger charge is 2.13. The zero-order chi connectivity index (χ0) is 16.9. The second-order valence-electron chi connectivity index (χ2n) is 5.70. The van der Waals surface area contributed by atoms with Gasteiger partial charge in [-0.1, -0.05) is 6.08 Å². The van der Waals surface area contributed by atoms with Gasteiger partial charge >= 0.3 is 0 Å². The molecule has 2 rings (SSSR count). The van der Waals surface area contributed by atoms with Crippen LogP contribution in [-0.2, 0) is 10.0 Å². The van der Waals surface area contributed by atoms with Gasteiger partial charge in [-0.2, -0.15) is 4.99 Å². The van der Waals surface area contributed by atoms with E-state index in [1.807, 2.05) is 11.0 Å². The van der Waals surface area contributed by atoms with Crippen LogP contribution in [0.4, 0.5) is 0 Å². The van der Waals surface area contributed by atoms with Crippen LogP contribution in [0.3, 0.4) is 0 Å². The number of rotatable bonds is 3. The molecular weight excluding hydrogens is 316 g/mol. The molecule has 1 heterocycles. The molecule has 0 radical (unpaired) electrons. The second kappa shape index (κ2) is 7.49. The van der Waals surface area contributed by atoms with Crippen molar-refractivity contribution in [3.05, 3.63) is 23.5 Å². The van der Waals surface area contributed by atoms with Gasteiger partial charge in [-0.15, -0.1) is 0 Å². The molecular formula is C14H24N6O2S. The van der Waals surface area contributed by atoms with Crippen LogP contribution in [0.25, 0.3) is 0 Å². The van der Waals surface area contributed by atoms with Crippen molar-refractivity contribution in [2.24, 2.45) is 21.5 Å². The summed E-state index contributed by atoms with van der Waals surface area (Å²) >= 11 is 0. The Labute approximate surface area is 137 Å². The van der Waals surface area contributed by atoms with Crippen molar-refractivity contribution < 1.29 is 8.42 Å². The van der Waals surface area contributed by atoms with Crippen molar-refractivity contribution in [1.82, 2.24) is 9.62 Å². The Morgan fingerprint density at radius 1 is 1.26 bits per heavy atom. The van der Waals surface area contributed by atoms with Crippen LogP contribution < -0.4 is 16.2 Å². The Hall–Kier alpha value is -2.03. The van der Waals surface area contributed by atoms with Crippen LogP contribution in [0, 0.1) is 0 Å². The van der Waals surface area contributed by atoms with E-state index in [9.17, 15) is 8.42 Å². The summed E-state index contributed by atoms with van der Waals surface area (Å²) in [4.78, 5) is 10.4. The van der Waals surface area contributed by atoms with Gasteiger partial charge in [-0.25, -0.2) is 13.4 Å². The first-order valence-corrected chi connectivity index (χ1v) is 9.54. The minimum absolute atomic E-state index is 0.0833. The van der Waals surface area contributed by atoms with E-state index in [-0.39, 0.29) is 5.96 Å². The van der Waals surface area contributed by atoms with E-state index in [4.69, 9.17) is 11.5 Å². The smallest absolute Gasteiger partial charge is 0.229 e. The highest BCUT2D eigenvalue weighted by molar-refractivity contribution is 7.88. The highest BCUT2D eigenvalue weighted by atomic mass is 32.2. The Morgan fingerprint density at radius 2 is 1.96 bits per heavy atom. The number of nitrogens with zero attached hydrogens (tertiary/aromatic N) is 3. The van der Waals surface area contributed by atoms with Gasteiger partial charge < -0.3 is 16.4 Å². The number of likely N-dealkylation sites (tertiary alicyclic amines) is 1. The molecule has 0 aromatic heterocycles. The van der Waals surface area contributed by atoms with Crippen molar-refractivity contribution in [3.63, 3.8) is 0 Å². The topological polar surface area (TPSA) is 126 Å². The first-order valence-electron chi connectivity index (χ1n) is 7.65. The van der Waals surface area contributed by atoms with E-state index in [0.29, 0.717) is 30.2 Å². The highest BCUT2D eigenvalue weighted by Crippen LogP contribution is 2.17. The zero-order valence-corrected chi connectivity index (χ0v) is 14.1. The normalized spacial score (nSPS) is 20.8. The third-order valence-electron chi connectivity index (χ3n) is 3.56. The number of hydrogen-bond acceptors (Lipinski definition) is 3. The minimum atomic E-state index is -3.31. The molecule has 1 saturated heterocycles. The third kappa shape index (κ3) is 5.93. The lowest BCUT2D eigenvalue weighted by Crippen LogP contribution is -2.41. The Kier molecular flexibility index (Phi) is 5.64. The summed E-state index contributed by atoms with van der Waals surface area (Å²) in [6.07, 6.45) is 9.35. The summed E-state index contributed by atoms with van der Waals surface area (Å²) in [7, 11) is -3.31. The van der Waals surface area contributed by atoms with Crippen LogP contribution >= 0.6 is 0 Å². The number of nitrogens with two attached hydrogens (primary N) is 2. The fourth-order valence-electron chi connectivity index (χ4n) is 2.54. The molecule has 1 aliphatic heterocycles. The molecule has 0 bridgehead atoms. The minimum Gasteiger partial charge on any atom is -0.369 e. The molecule has 0 saturated carbocycles. The summed E-state index contributed by atoms with van der Waals surface area (Å²) < 4.78 is 25.0. The Balaban J connectivity index is 2.06. The number of sulfonamides is 1. The van der Waals surface area contributed by atoms with Gasteiger partial charge in [-0.3, -0.25) is 4.72 Å². The number of hydrogen-bond donors (Lipinski definition) is 3. The molecule has 128 valence electrons. The molecule has 0 spiro atoms. The van der Waals surface area contributed by atoms with E-state index >= 15 is 0 Å². The van der Waals surface area contributed by atoms with Gasteiger partial charge in [0.1, 0.15) is 0 Å². The van der Waals surface area contributed by atoms with Crippen molar-refractivity contribution in [1.29, 1.82) is 0 Å². The van der Waals surface area contributed by atoms with E-state index < -0.39 is 10.0 Å². The lowest BCUT2D eigenvalue weighted by molar-refractivity contribution is 0.339. The fourth-order valence-corrected chi connectivity index (χ4v) is 3.11. The first-order chi connectivity index (χ1) is 10.8. The Morgan fingerprint density at radius 3 is 2.61 bits per heavy atom. The molecule has 1 fully saturated rings. The van der Waals surface area contributed by atoms with Crippen LogP contribution in [0.15, 0.2) is 33.5 Å². The lowest BCUT2D eigenvalue weighted by atomic mass is 10.1. The van der Waals surface area contributed by atoms with Crippen molar-refractivity contribution in [2.45, 2.75) is 32.1 Å². The van der Waals surface area contributed by atoms with Crippen LogP contribution in [0.1, 0.15) is 32.1 Å². The summed E-state index contributed by atoms with van der Waals surface area (Å²) in [5.74, 6) is 0.465. The molecule has 0 aromatic rings. The van der Waals surface area contributed by atoms with Gasteiger partial charge in [0, 0.05) is 24.5 Å². The Bertz CT molecular complexity index is 657. The predicted molar refractivity (Wildman–Crippen MR) is 92.0 cm³/mol. The monoisotopic (exact) mass is 340 g/mol. The van der Waals surface area contributed by atoms with E-state index in [2.05, 4.69) is 14.7 Å². The SMILES string of the molecule is CS(=O)(=O)NC1=CCCC(N=C(N)N=C(N)N2CCCCC2)=C1. The maximum absolute atomic E-state index is 11.3. The number of guanidine groups is 2. The quantitative estimate of drug-likeness (QED) is 0.500. The summed E-state index contributed by atoms with van der Waals surface area (Å²) in [5.41, 5.74) is 13.0. The molecule has 8 nitrogen and oxygen atoms in total. The average Bonchev–Trinajstić information content (AvgIpc) is 2.46. The first kappa shape index (κ1) is 17.3. The van der Waals surface area contributed by atoms with Gasteiger partial charge in [-0.05, 0) is 38.2 Å². The molecule has 23 heavy (non-hydrogen) atoms. The molecule has 0 amide bonds. The number of piperidine rings is 1.